The van der Waals surface area contributed by atoms with Crippen LogP contribution in [0.15, 0.2) is 23.1 Å². The van der Waals surface area contributed by atoms with Crippen molar-refractivity contribution in [3.63, 3.8) is 0 Å². The van der Waals surface area contributed by atoms with Crippen LogP contribution in [0.5, 0.6) is 0 Å². The highest BCUT2D eigenvalue weighted by Crippen LogP contribution is 2.35. The van der Waals surface area contributed by atoms with E-state index in [4.69, 9.17) is 5.73 Å². The summed E-state index contributed by atoms with van der Waals surface area (Å²) >= 11 is 0. The number of halogens is 1. The molecule has 1 saturated heterocycles. The highest BCUT2D eigenvalue weighted by molar-refractivity contribution is 7.89. The fourth-order valence-corrected chi connectivity index (χ4v) is 5.50. The van der Waals surface area contributed by atoms with Crippen LogP contribution in [-0.2, 0) is 21.2 Å². The molecule has 1 amide bonds. The van der Waals surface area contributed by atoms with Gasteiger partial charge in [0.2, 0.25) is 15.9 Å². The summed E-state index contributed by atoms with van der Waals surface area (Å²) in [6, 6.07) is 5.02. The number of benzene rings is 1. The zero-order valence-corrected chi connectivity index (χ0v) is 15.6. The molecule has 0 aliphatic carbocycles. The molecule has 1 aromatic carbocycles. The van der Waals surface area contributed by atoms with Gasteiger partial charge in [-0.1, -0.05) is 0 Å². The Bertz CT molecular complexity index is 738. The number of carbonyl (C=O) groups is 1. The van der Waals surface area contributed by atoms with Crippen molar-refractivity contribution in [2.24, 2.45) is 5.73 Å². The summed E-state index contributed by atoms with van der Waals surface area (Å²) in [5.41, 5.74) is 7.44. The Morgan fingerprint density at radius 1 is 1.38 bits per heavy atom. The summed E-state index contributed by atoms with van der Waals surface area (Å²) in [4.78, 5) is 13.8. The summed E-state index contributed by atoms with van der Waals surface area (Å²) in [6.45, 7) is 4.38. The third kappa shape index (κ3) is 3.06. The Morgan fingerprint density at radius 3 is 2.71 bits per heavy atom. The summed E-state index contributed by atoms with van der Waals surface area (Å²) in [7, 11) is -3.53. The van der Waals surface area contributed by atoms with Crippen LogP contribution in [0.25, 0.3) is 0 Å². The first-order chi connectivity index (χ1) is 10.9. The number of carbonyl (C=O) groups excluding carboxylic acids is 1. The number of hydrogen-bond acceptors (Lipinski definition) is 4. The van der Waals surface area contributed by atoms with E-state index in [1.165, 1.54) is 11.2 Å². The molecule has 8 heteroatoms. The van der Waals surface area contributed by atoms with Gasteiger partial charge < -0.3 is 10.6 Å². The van der Waals surface area contributed by atoms with Crippen molar-refractivity contribution in [2.45, 2.75) is 50.1 Å². The second-order valence-corrected chi connectivity index (χ2v) is 8.27. The third-order valence-corrected chi connectivity index (χ3v) is 6.76. The van der Waals surface area contributed by atoms with Crippen LogP contribution in [0, 0.1) is 0 Å². The molecule has 134 valence electrons. The van der Waals surface area contributed by atoms with Gasteiger partial charge in [-0.25, -0.2) is 8.42 Å². The molecule has 0 bridgehead atoms. The summed E-state index contributed by atoms with van der Waals surface area (Å²) in [5.74, 6) is -0.0189. The van der Waals surface area contributed by atoms with Gasteiger partial charge in [-0.3, -0.25) is 4.79 Å². The Kier molecular flexibility index (Phi) is 5.59. The van der Waals surface area contributed by atoms with E-state index in [2.05, 4.69) is 0 Å². The maximum absolute atomic E-state index is 12.9. The first-order valence-electron chi connectivity index (χ1n) is 8.01. The molecule has 0 saturated carbocycles. The normalized spacial score (nSPS) is 23.9. The van der Waals surface area contributed by atoms with E-state index < -0.39 is 10.0 Å². The number of nitrogens with zero attached hydrogens (tertiary/aromatic N) is 2. The van der Waals surface area contributed by atoms with E-state index in [1.807, 2.05) is 6.92 Å². The molecule has 3 rings (SSSR count). The zero-order chi connectivity index (χ0) is 16.8. The fourth-order valence-electron chi connectivity index (χ4n) is 3.74. The van der Waals surface area contributed by atoms with Gasteiger partial charge in [0.05, 0.1) is 4.90 Å². The number of fused-ring (bicyclic) bond motifs is 1. The number of anilines is 1. The molecule has 2 atom stereocenters. The lowest BCUT2D eigenvalue weighted by atomic mass is 10.1. The quantitative estimate of drug-likeness (QED) is 0.870. The molecule has 2 aliphatic rings. The molecule has 0 spiro atoms. The predicted octanol–water partition coefficient (Wildman–Crippen LogP) is 1.52. The van der Waals surface area contributed by atoms with E-state index in [-0.39, 0.29) is 30.4 Å². The van der Waals surface area contributed by atoms with Gasteiger partial charge in [-0.2, -0.15) is 4.31 Å². The summed E-state index contributed by atoms with van der Waals surface area (Å²) in [6.07, 6.45) is 2.34. The molecule has 6 nitrogen and oxygen atoms in total. The fraction of sp³-hybridized carbons (Fsp3) is 0.562. The largest absolute Gasteiger partial charge is 0.329 e. The summed E-state index contributed by atoms with van der Waals surface area (Å²) in [5, 5.41) is 0. The molecular formula is C16H24ClN3O3S. The Morgan fingerprint density at radius 2 is 2.08 bits per heavy atom. The molecule has 0 aromatic heterocycles. The van der Waals surface area contributed by atoms with Gasteiger partial charge in [-0.05, 0) is 49.9 Å². The van der Waals surface area contributed by atoms with Crippen LogP contribution in [0.1, 0.15) is 32.3 Å². The number of hydrogen-bond donors (Lipinski definition) is 1. The average Bonchev–Trinajstić information content (AvgIpc) is 3.09. The van der Waals surface area contributed by atoms with Crippen molar-refractivity contribution in [1.29, 1.82) is 0 Å². The van der Waals surface area contributed by atoms with Crippen LogP contribution < -0.4 is 10.6 Å². The first kappa shape index (κ1) is 19.2. The number of rotatable bonds is 3. The Balaban J connectivity index is 0.00000208. The van der Waals surface area contributed by atoms with Gasteiger partial charge in [0, 0.05) is 37.8 Å². The van der Waals surface area contributed by atoms with Gasteiger partial charge in [0.1, 0.15) is 0 Å². The highest BCUT2D eigenvalue weighted by atomic mass is 35.5. The van der Waals surface area contributed by atoms with Gasteiger partial charge in [0.25, 0.3) is 0 Å². The number of nitrogens with two attached hydrogens (primary N) is 1. The van der Waals surface area contributed by atoms with Crippen molar-refractivity contribution in [3.05, 3.63) is 23.8 Å². The van der Waals surface area contributed by atoms with Crippen molar-refractivity contribution in [1.82, 2.24) is 4.31 Å². The molecule has 0 radical (unpaired) electrons. The van der Waals surface area contributed by atoms with E-state index in [9.17, 15) is 13.2 Å². The van der Waals surface area contributed by atoms with Gasteiger partial charge in [-0.15, -0.1) is 12.4 Å². The summed E-state index contributed by atoms with van der Waals surface area (Å²) < 4.78 is 27.3. The molecule has 24 heavy (non-hydrogen) atoms. The zero-order valence-electron chi connectivity index (χ0n) is 13.9. The SMILES string of the molecule is CC(=O)N1c2ccc(S(=O)(=O)N3CCCC3CN)cc2CC1C.Cl. The molecule has 2 heterocycles. The van der Waals surface area contributed by atoms with E-state index in [1.54, 1.807) is 23.1 Å². The van der Waals surface area contributed by atoms with Crippen molar-refractivity contribution >= 4 is 34.0 Å². The molecule has 2 aliphatic heterocycles. The lowest BCUT2D eigenvalue weighted by molar-refractivity contribution is -0.116. The van der Waals surface area contributed by atoms with Crippen LogP contribution in [0.2, 0.25) is 0 Å². The molecular weight excluding hydrogens is 350 g/mol. The van der Waals surface area contributed by atoms with Crippen LogP contribution >= 0.6 is 12.4 Å². The number of sulfonamides is 1. The molecule has 1 aromatic rings. The first-order valence-corrected chi connectivity index (χ1v) is 9.45. The standard InChI is InChI=1S/C16H23N3O3S.ClH/c1-11-8-13-9-15(5-6-16(13)19(11)12(2)20)23(21,22)18-7-3-4-14(18)10-17;/h5-6,9,11,14H,3-4,7-8,10,17H2,1-2H3;1H. The maximum atomic E-state index is 12.9. The van der Waals surface area contributed by atoms with Gasteiger partial charge in [0.15, 0.2) is 0 Å². The second-order valence-electron chi connectivity index (χ2n) is 6.38. The number of amides is 1. The smallest absolute Gasteiger partial charge is 0.243 e. The lowest BCUT2D eigenvalue weighted by Crippen LogP contribution is -2.39. The minimum absolute atomic E-state index is 0. The lowest BCUT2D eigenvalue weighted by Gasteiger charge is -2.23. The molecule has 1 fully saturated rings. The third-order valence-electron chi connectivity index (χ3n) is 4.81. The van der Waals surface area contributed by atoms with Crippen LogP contribution in [0.3, 0.4) is 0 Å². The second kappa shape index (κ2) is 7.00. The van der Waals surface area contributed by atoms with Gasteiger partial charge >= 0.3 is 0 Å². The minimum Gasteiger partial charge on any atom is -0.329 e. The minimum atomic E-state index is -3.53. The van der Waals surface area contributed by atoms with Crippen molar-refractivity contribution in [2.75, 3.05) is 18.0 Å². The molecule has 2 N–H and O–H groups in total. The van der Waals surface area contributed by atoms with Crippen molar-refractivity contribution < 1.29 is 13.2 Å². The van der Waals surface area contributed by atoms with Crippen molar-refractivity contribution in [3.8, 4) is 0 Å². The Labute approximate surface area is 149 Å². The average molecular weight is 374 g/mol. The van der Waals surface area contributed by atoms with E-state index in [0.29, 0.717) is 24.4 Å². The highest BCUT2D eigenvalue weighted by Gasteiger charge is 2.36. The Hall–Kier alpha value is -1.15. The monoisotopic (exact) mass is 373 g/mol. The molecule has 2 unspecified atom stereocenters. The topological polar surface area (TPSA) is 83.7 Å². The maximum Gasteiger partial charge on any atom is 0.243 e. The van der Waals surface area contributed by atoms with Crippen LogP contribution in [0.4, 0.5) is 5.69 Å². The van der Waals surface area contributed by atoms with Crippen LogP contribution in [-0.4, -0.2) is 43.8 Å². The predicted molar refractivity (Wildman–Crippen MR) is 96.0 cm³/mol. The van der Waals surface area contributed by atoms with E-state index >= 15 is 0 Å². The van der Waals surface area contributed by atoms with E-state index in [0.717, 1.165) is 24.1 Å².